The Morgan fingerprint density at radius 2 is 2.25 bits per heavy atom. The topological polar surface area (TPSA) is 72.2 Å². The zero-order valence-corrected chi connectivity index (χ0v) is 11.1. The maximum atomic E-state index is 13.4. The molecule has 1 aromatic carbocycles. The summed E-state index contributed by atoms with van der Waals surface area (Å²) in [6.07, 6.45) is 2.22. The Bertz CT molecular complexity index is 724. The van der Waals surface area contributed by atoms with Crippen molar-refractivity contribution in [3.05, 3.63) is 41.4 Å². The highest BCUT2D eigenvalue weighted by molar-refractivity contribution is 7.16. The fourth-order valence-electron chi connectivity index (χ4n) is 1.70. The smallest absolute Gasteiger partial charge is 0.234 e. The monoisotopic (exact) mass is 291 g/mol. The first-order chi connectivity index (χ1) is 9.72. The van der Waals surface area contributed by atoms with E-state index in [4.69, 9.17) is 0 Å². The molecule has 1 N–H and O–H groups in total. The molecule has 0 bridgehead atoms. The van der Waals surface area contributed by atoms with Crippen molar-refractivity contribution in [2.45, 2.75) is 12.8 Å². The molecule has 2 aromatic heterocycles. The molecule has 0 atom stereocenters. The van der Waals surface area contributed by atoms with E-state index in [0.29, 0.717) is 11.4 Å². The van der Waals surface area contributed by atoms with E-state index >= 15 is 0 Å². The van der Waals surface area contributed by atoms with Crippen molar-refractivity contribution in [3.8, 4) is 0 Å². The van der Waals surface area contributed by atoms with Crippen LogP contribution in [0.1, 0.15) is 11.4 Å². The molecule has 102 valence electrons. The molecule has 0 saturated heterocycles. The zero-order valence-electron chi connectivity index (χ0n) is 10.3. The molecule has 0 aliphatic rings. The van der Waals surface area contributed by atoms with Crippen molar-refractivity contribution < 1.29 is 9.18 Å². The molecule has 8 heteroatoms. The predicted molar refractivity (Wildman–Crippen MR) is 72.0 cm³/mol. The second-order valence-electron chi connectivity index (χ2n) is 4.08. The number of anilines is 1. The van der Waals surface area contributed by atoms with Gasteiger partial charge in [0.25, 0.3) is 0 Å². The van der Waals surface area contributed by atoms with Gasteiger partial charge >= 0.3 is 0 Å². The van der Waals surface area contributed by atoms with Gasteiger partial charge in [0, 0.05) is 12.8 Å². The van der Waals surface area contributed by atoms with Crippen LogP contribution in [0.2, 0.25) is 0 Å². The highest BCUT2D eigenvalue weighted by Crippen LogP contribution is 2.15. The summed E-state index contributed by atoms with van der Waals surface area (Å²) in [7, 11) is 0. The van der Waals surface area contributed by atoms with Gasteiger partial charge in [-0.2, -0.15) is 9.61 Å². The van der Waals surface area contributed by atoms with Crippen molar-refractivity contribution >= 4 is 27.9 Å². The highest BCUT2D eigenvalue weighted by Gasteiger charge is 2.10. The standard InChI is InChI=1S/C12H10FN5OS/c13-8-3-1-2-4-9(8)15-10(19)5-6-11-17-18-7-14-16-12(18)20-11/h1-4,7H,5-6H2,(H,15,19). The molecule has 0 aliphatic carbocycles. The third-order valence-corrected chi connectivity index (χ3v) is 3.62. The van der Waals surface area contributed by atoms with Crippen molar-refractivity contribution in [1.29, 1.82) is 0 Å². The molecule has 0 unspecified atom stereocenters. The summed E-state index contributed by atoms with van der Waals surface area (Å²) in [5, 5.41) is 15.1. The Labute approximate surface area is 117 Å². The molecule has 1 amide bonds. The van der Waals surface area contributed by atoms with E-state index in [9.17, 15) is 9.18 Å². The van der Waals surface area contributed by atoms with E-state index in [1.807, 2.05) is 0 Å². The third kappa shape index (κ3) is 2.64. The van der Waals surface area contributed by atoms with Gasteiger partial charge in [0.05, 0.1) is 5.69 Å². The number of nitrogens with one attached hydrogen (secondary N) is 1. The van der Waals surface area contributed by atoms with E-state index in [2.05, 4.69) is 20.6 Å². The van der Waals surface area contributed by atoms with Crippen LogP contribution in [0.3, 0.4) is 0 Å². The number of fused-ring (bicyclic) bond motifs is 1. The Morgan fingerprint density at radius 1 is 1.40 bits per heavy atom. The highest BCUT2D eigenvalue weighted by atomic mass is 32.1. The second kappa shape index (κ2) is 5.33. The third-order valence-electron chi connectivity index (χ3n) is 2.64. The summed E-state index contributed by atoms with van der Waals surface area (Å²) in [6.45, 7) is 0. The summed E-state index contributed by atoms with van der Waals surface area (Å²) in [6, 6.07) is 6.07. The molecule has 0 fully saturated rings. The van der Waals surface area contributed by atoms with Crippen LogP contribution in [-0.4, -0.2) is 25.7 Å². The van der Waals surface area contributed by atoms with Crippen molar-refractivity contribution in [1.82, 2.24) is 19.8 Å². The normalized spacial score (nSPS) is 10.8. The maximum absolute atomic E-state index is 13.4. The number of hydrogen-bond donors (Lipinski definition) is 1. The fraction of sp³-hybridized carbons (Fsp3) is 0.167. The maximum Gasteiger partial charge on any atom is 0.234 e. The van der Waals surface area contributed by atoms with Crippen LogP contribution in [0, 0.1) is 5.82 Å². The van der Waals surface area contributed by atoms with Crippen LogP contribution >= 0.6 is 11.3 Å². The van der Waals surface area contributed by atoms with Gasteiger partial charge in [-0.15, -0.1) is 10.2 Å². The minimum absolute atomic E-state index is 0.190. The molecule has 3 rings (SSSR count). The van der Waals surface area contributed by atoms with Gasteiger partial charge in [-0.25, -0.2) is 4.39 Å². The van der Waals surface area contributed by atoms with Gasteiger partial charge < -0.3 is 5.32 Å². The number of rotatable bonds is 4. The molecular weight excluding hydrogens is 281 g/mol. The lowest BCUT2D eigenvalue weighted by molar-refractivity contribution is -0.116. The molecule has 20 heavy (non-hydrogen) atoms. The van der Waals surface area contributed by atoms with E-state index in [1.54, 1.807) is 16.6 Å². The van der Waals surface area contributed by atoms with Crippen LogP contribution in [0.5, 0.6) is 0 Å². The lowest BCUT2D eigenvalue weighted by atomic mass is 10.2. The van der Waals surface area contributed by atoms with Crippen molar-refractivity contribution in [2.24, 2.45) is 0 Å². The van der Waals surface area contributed by atoms with Crippen LogP contribution in [0.15, 0.2) is 30.6 Å². The van der Waals surface area contributed by atoms with Crippen LogP contribution in [-0.2, 0) is 11.2 Å². The molecule has 6 nitrogen and oxygen atoms in total. The van der Waals surface area contributed by atoms with E-state index in [1.165, 1.54) is 29.8 Å². The minimum atomic E-state index is -0.445. The molecule has 0 aliphatic heterocycles. The van der Waals surface area contributed by atoms with E-state index in [-0.39, 0.29) is 18.0 Å². The summed E-state index contributed by atoms with van der Waals surface area (Å²) < 4.78 is 14.9. The lowest BCUT2D eigenvalue weighted by Crippen LogP contribution is -2.13. The average Bonchev–Trinajstić information content (AvgIpc) is 3.00. The van der Waals surface area contributed by atoms with Gasteiger partial charge in [0.15, 0.2) is 0 Å². The molecule has 3 aromatic rings. The molecule has 0 radical (unpaired) electrons. The molecular formula is C12H10FN5OS. The number of amides is 1. The minimum Gasteiger partial charge on any atom is -0.324 e. The van der Waals surface area contributed by atoms with Gasteiger partial charge in [-0.1, -0.05) is 23.5 Å². The molecule has 0 spiro atoms. The SMILES string of the molecule is O=C(CCc1nn2cnnc2s1)Nc1ccccc1F. The summed E-state index contributed by atoms with van der Waals surface area (Å²) in [5.74, 6) is -0.694. The number of carbonyl (C=O) groups excluding carboxylic acids is 1. The first-order valence-corrected chi connectivity index (χ1v) is 6.74. The number of aromatic nitrogens is 4. The largest absolute Gasteiger partial charge is 0.324 e. The summed E-state index contributed by atoms with van der Waals surface area (Å²) in [4.78, 5) is 12.4. The first kappa shape index (κ1) is 12.7. The second-order valence-corrected chi connectivity index (χ2v) is 5.12. The van der Waals surface area contributed by atoms with Crippen LogP contribution < -0.4 is 5.32 Å². The van der Waals surface area contributed by atoms with E-state index < -0.39 is 5.82 Å². The predicted octanol–water partition coefficient (Wildman–Crippen LogP) is 1.90. The number of nitrogens with zero attached hydrogens (tertiary/aromatic N) is 4. The molecule has 0 saturated carbocycles. The number of halogens is 1. The van der Waals surface area contributed by atoms with Gasteiger partial charge in [0.1, 0.15) is 17.2 Å². The fourth-order valence-corrected chi connectivity index (χ4v) is 2.51. The van der Waals surface area contributed by atoms with Gasteiger partial charge in [-0.3, -0.25) is 4.79 Å². The summed E-state index contributed by atoms with van der Waals surface area (Å²) in [5.41, 5.74) is 0.190. The summed E-state index contributed by atoms with van der Waals surface area (Å²) >= 11 is 1.38. The quantitative estimate of drug-likeness (QED) is 0.797. The number of carbonyl (C=O) groups is 1. The average molecular weight is 291 g/mol. The number of aryl methyl sites for hydroxylation is 1. The van der Waals surface area contributed by atoms with Crippen molar-refractivity contribution in [3.63, 3.8) is 0 Å². The van der Waals surface area contributed by atoms with Gasteiger partial charge in [-0.05, 0) is 12.1 Å². The van der Waals surface area contributed by atoms with Gasteiger partial charge in [0.2, 0.25) is 10.9 Å². The number of hydrogen-bond acceptors (Lipinski definition) is 5. The Morgan fingerprint density at radius 3 is 3.05 bits per heavy atom. The van der Waals surface area contributed by atoms with E-state index in [0.717, 1.165) is 5.01 Å². The Hall–Kier alpha value is -2.35. The Balaban J connectivity index is 1.59. The molecule has 2 heterocycles. The first-order valence-electron chi connectivity index (χ1n) is 5.92. The van der Waals surface area contributed by atoms with Crippen LogP contribution in [0.25, 0.3) is 4.96 Å². The lowest BCUT2D eigenvalue weighted by Gasteiger charge is -2.04. The Kier molecular flexibility index (Phi) is 3.38. The van der Waals surface area contributed by atoms with Crippen LogP contribution in [0.4, 0.5) is 10.1 Å². The number of para-hydroxylation sites is 1. The van der Waals surface area contributed by atoms with Crippen molar-refractivity contribution in [2.75, 3.05) is 5.32 Å². The zero-order chi connectivity index (χ0) is 13.9. The number of benzene rings is 1.